The van der Waals surface area contributed by atoms with Gasteiger partial charge in [-0.2, -0.15) is 4.52 Å². The molecule has 0 bridgehead atoms. The highest BCUT2D eigenvalue weighted by Crippen LogP contribution is 2.19. The first-order valence-electron chi connectivity index (χ1n) is 9.75. The van der Waals surface area contributed by atoms with E-state index in [0.717, 1.165) is 18.4 Å². The molecule has 1 saturated carbocycles. The molecule has 146 valence electrons. The zero-order valence-corrected chi connectivity index (χ0v) is 15.7. The molecule has 1 aliphatic rings. The van der Waals surface area contributed by atoms with Crippen molar-refractivity contribution in [2.24, 2.45) is 0 Å². The Bertz CT molecular complexity index is 921. The normalized spacial score (nSPS) is 14.7. The number of ether oxygens (including phenoxy) is 1. The zero-order chi connectivity index (χ0) is 19.2. The smallest absolute Gasteiger partial charge is 0.315 e. The Morgan fingerprint density at radius 1 is 1.07 bits per heavy atom. The van der Waals surface area contributed by atoms with Gasteiger partial charge in [-0.25, -0.2) is 4.79 Å². The largest absolute Gasteiger partial charge is 0.475 e. The summed E-state index contributed by atoms with van der Waals surface area (Å²) in [6.07, 6.45) is 5.78. The second-order valence-corrected chi connectivity index (χ2v) is 6.91. The second-order valence-electron chi connectivity index (χ2n) is 6.91. The van der Waals surface area contributed by atoms with Crippen LogP contribution in [0, 0.1) is 0 Å². The first kappa shape index (κ1) is 18.2. The Morgan fingerprint density at radius 3 is 2.71 bits per heavy atom. The number of aromatic nitrogens is 4. The van der Waals surface area contributed by atoms with Crippen LogP contribution in [0.1, 0.15) is 32.1 Å². The molecule has 1 aliphatic carbocycles. The van der Waals surface area contributed by atoms with E-state index in [2.05, 4.69) is 25.9 Å². The third-order valence-electron chi connectivity index (χ3n) is 4.85. The van der Waals surface area contributed by atoms with Crippen molar-refractivity contribution in [1.29, 1.82) is 0 Å². The van der Waals surface area contributed by atoms with Crippen LogP contribution in [-0.2, 0) is 0 Å². The van der Waals surface area contributed by atoms with Crippen LogP contribution in [0.15, 0.2) is 42.5 Å². The van der Waals surface area contributed by atoms with E-state index >= 15 is 0 Å². The Hall–Kier alpha value is -3.16. The van der Waals surface area contributed by atoms with Gasteiger partial charge in [-0.05, 0) is 18.9 Å². The quantitative estimate of drug-likeness (QED) is 0.642. The van der Waals surface area contributed by atoms with Crippen molar-refractivity contribution in [2.45, 2.75) is 38.1 Å². The van der Waals surface area contributed by atoms with Gasteiger partial charge in [0.15, 0.2) is 11.5 Å². The molecule has 2 N–H and O–H groups in total. The van der Waals surface area contributed by atoms with E-state index in [1.165, 1.54) is 19.3 Å². The molecule has 0 radical (unpaired) electrons. The number of nitrogens with one attached hydrogen (secondary N) is 2. The SMILES string of the molecule is O=C(NCCOc1ccc2nnc(-c3ccccc3)n2n1)NC1CCCCC1. The van der Waals surface area contributed by atoms with E-state index in [1.54, 1.807) is 10.6 Å². The average molecular weight is 380 g/mol. The number of benzene rings is 1. The molecule has 2 aromatic heterocycles. The number of carbonyl (C=O) groups excluding carboxylic acids is 1. The summed E-state index contributed by atoms with van der Waals surface area (Å²) in [5.74, 6) is 1.12. The predicted octanol–water partition coefficient (Wildman–Crippen LogP) is 2.80. The van der Waals surface area contributed by atoms with Crippen LogP contribution >= 0.6 is 0 Å². The molecule has 8 heteroatoms. The van der Waals surface area contributed by atoms with Crippen molar-refractivity contribution in [3.8, 4) is 17.3 Å². The number of nitrogens with zero attached hydrogens (tertiary/aromatic N) is 4. The number of carbonyl (C=O) groups is 1. The molecule has 2 heterocycles. The van der Waals surface area contributed by atoms with Crippen LogP contribution < -0.4 is 15.4 Å². The molecular weight excluding hydrogens is 356 g/mol. The Kier molecular flexibility index (Phi) is 5.65. The maximum absolute atomic E-state index is 12.0. The number of hydrogen-bond donors (Lipinski definition) is 2. The summed E-state index contributed by atoms with van der Waals surface area (Å²) in [6, 6.07) is 13.5. The number of fused-ring (bicyclic) bond motifs is 1. The minimum atomic E-state index is -0.135. The minimum Gasteiger partial charge on any atom is -0.475 e. The third-order valence-corrected chi connectivity index (χ3v) is 4.85. The highest BCUT2D eigenvalue weighted by molar-refractivity contribution is 5.74. The third kappa shape index (κ3) is 4.39. The van der Waals surface area contributed by atoms with Crippen LogP contribution in [0.3, 0.4) is 0 Å². The van der Waals surface area contributed by atoms with Crippen LogP contribution in [0.4, 0.5) is 4.79 Å². The van der Waals surface area contributed by atoms with E-state index in [4.69, 9.17) is 4.74 Å². The predicted molar refractivity (Wildman–Crippen MR) is 105 cm³/mol. The molecule has 8 nitrogen and oxygen atoms in total. The lowest BCUT2D eigenvalue weighted by atomic mass is 9.96. The van der Waals surface area contributed by atoms with Gasteiger partial charge in [-0.1, -0.05) is 49.6 Å². The molecule has 1 aromatic carbocycles. The topological polar surface area (TPSA) is 93.4 Å². The van der Waals surface area contributed by atoms with E-state index in [1.807, 2.05) is 36.4 Å². The number of urea groups is 1. The van der Waals surface area contributed by atoms with Crippen molar-refractivity contribution in [3.63, 3.8) is 0 Å². The lowest BCUT2D eigenvalue weighted by Gasteiger charge is -2.22. The maximum Gasteiger partial charge on any atom is 0.315 e. The van der Waals surface area contributed by atoms with Gasteiger partial charge in [0.2, 0.25) is 5.88 Å². The van der Waals surface area contributed by atoms with E-state index in [0.29, 0.717) is 36.5 Å². The van der Waals surface area contributed by atoms with E-state index in [9.17, 15) is 4.79 Å². The summed E-state index contributed by atoms with van der Waals surface area (Å²) in [5.41, 5.74) is 1.58. The Morgan fingerprint density at radius 2 is 1.89 bits per heavy atom. The van der Waals surface area contributed by atoms with Gasteiger partial charge in [-0.15, -0.1) is 15.3 Å². The fourth-order valence-electron chi connectivity index (χ4n) is 3.42. The molecule has 1 fully saturated rings. The second kappa shape index (κ2) is 8.69. The van der Waals surface area contributed by atoms with E-state index < -0.39 is 0 Å². The van der Waals surface area contributed by atoms with Crippen molar-refractivity contribution < 1.29 is 9.53 Å². The highest BCUT2D eigenvalue weighted by atomic mass is 16.5. The number of rotatable bonds is 6. The van der Waals surface area contributed by atoms with Crippen molar-refractivity contribution in [3.05, 3.63) is 42.5 Å². The van der Waals surface area contributed by atoms with Gasteiger partial charge < -0.3 is 15.4 Å². The average Bonchev–Trinajstić information content (AvgIpc) is 3.16. The molecule has 4 rings (SSSR count). The molecule has 0 unspecified atom stereocenters. The summed E-state index contributed by atoms with van der Waals surface area (Å²) in [7, 11) is 0. The Labute approximate surface area is 163 Å². The molecule has 28 heavy (non-hydrogen) atoms. The lowest BCUT2D eigenvalue weighted by molar-refractivity contribution is 0.228. The summed E-state index contributed by atoms with van der Waals surface area (Å²) in [4.78, 5) is 12.0. The molecule has 3 aromatic rings. The van der Waals surface area contributed by atoms with Crippen molar-refractivity contribution in [2.75, 3.05) is 13.2 Å². The summed E-state index contributed by atoms with van der Waals surface area (Å²) < 4.78 is 7.35. The van der Waals surface area contributed by atoms with Gasteiger partial charge >= 0.3 is 6.03 Å². The van der Waals surface area contributed by atoms with Crippen LogP contribution in [0.2, 0.25) is 0 Å². The van der Waals surface area contributed by atoms with Gasteiger partial charge in [0.25, 0.3) is 0 Å². The van der Waals surface area contributed by atoms with Crippen LogP contribution in [0.5, 0.6) is 5.88 Å². The van der Waals surface area contributed by atoms with Gasteiger partial charge in [0.05, 0.1) is 6.54 Å². The van der Waals surface area contributed by atoms with Gasteiger partial charge in [0.1, 0.15) is 6.61 Å². The van der Waals surface area contributed by atoms with Gasteiger partial charge in [-0.3, -0.25) is 0 Å². The van der Waals surface area contributed by atoms with Crippen LogP contribution in [0.25, 0.3) is 17.0 Å². The van der Waals surface area contributed by atoms with Gasteiger partial charge in [0, 0.05) is 17.7 Å². The maximum atomic E-state index is 12.0. The fourth-order valence-corrected chi connectivity index (χ4v) is 3.42. The molecule has 0 saturated heterocycles. The zero-order valence-electron chi connectivity index (χ0n) is 15.7. The summed E-state index contributed by atoms with van der Waals surface area (Å²) in [5, 5.41) is 18.7. The first-order chi connectivity index (χ1) is 13.8. The standard InChI is InChI=1S/C20H24N6O2/c27-20(22-16-9-5-2-6-10-16)21-13-14-28-18-12-11-17-23-24-19(26(17)25-18)15-7-3-1-4-8-15/h1,3-4,7-8,11-12,16H,2,5-6,9-10,13-14H2,(H2,21,22,27). The summed E-state index contributed by atoms with van der Waals surface area (Å²) in [6.45, 7) is 0.741. The fraction of sp³-hybridized carbons (Fsp3) is 0.400. The minimum absolute atomic E-state index is 0.135. The number of hydrogen-bond acceptors (Lipinski definition) is 5. The Balaban J connectivity index is 1.30. The lowest BCUT2D eigenvalue weighted by Crippen LogP contribution is -2.44. The molecule has 0 spiro atoms. The molecule has 0 atom stereocenters. The molecule has 0 aliphatic heterocycles. The number of amides is 2. The van der Waals surface area contributed by atoms with Crippen molar-refractivity contribution in [1.82, 2.24) is 30.4 Å². The van der Waals surface area contributed by atoms with Crippen molar-refractivity contribution >= 4 is 11.7 Å². The van der Waals surface area contributed by atoms with Crippen LogP contribution in [-0.4, -0.2) is 45.0 Å². The molecule has 2 amide bonds. The monoisotopic (exact) mass is 380 g/mol. The summed E-state index contributed by atoms with van der Waals surface area (Å²) >= 11 is 0. The van der Waals surface area contributed by atoms with E-state index in [-0.39, 0.29) is 6.03 Å². The highest BCUT2D eigenvalue weighted by Gasteiger charge is 2.15. The first-order valence-corrected chi connectivity index (χ1v) is 9.75. The molecular formula is C20H24N6O2.